The van der Waals surface area contributed by atoms with Gasteiger partial charge in [-0.25, -0.2) is 9.59 Å². The van der Waals surface area contributed by atoms with E-state index in [9.17, 15) is 34.5 Å². The molecule has 12 nitrogen and oxygen atoms in total. The number of aliphatic carboxylic acids is 2. The van der Waals surface area contributed by atoms with E-state index < -0.39 is 36.1 Å². The molecule has 0 saturated carbocycles. The summed E-state index contributed by atoms with van der Waals surface area (Å²) in [5, 5.41) is 39.5. The molecule has 0 fully saturated rings. The van der Waals surface area contributed by atoms with E-state index >= 15 is 0 Å². The van der Waals surface area contributed by atoms with Crippen molar-refractivity contribution in [2.24, 2.45) is 0 Å². The predicted molar refractivity (Wildman–Crippen MR) is 160 cm³/mol. The van der Waals surface area contributed by atoms with Gasteiger partial charge in [-0.3, -0.25) is 4.79 Å². The van der Waals surface area contributed by atoms with Crippen molar-refractivity contribution < 1.29 is 81.8 Å². The fourth-order valence-electron chi connectivity index (χ4n) is 3.32. The van der Waals surface area contributed by atoms with Crippen molar-refractivity contribution in [1.29, 1.82) is 0 Å². The molecule has 0 aromatic heterocycles. The molecule has 0 heterocycles. The molecule has 0 bridgehead atoms. The molecular weight excluding hydrogens is 649 g/mol. The predicted octanol–water partition coefficient (Wildman–Crippen LogP) is 1.41. The van der Waals surface area contributed by atoms with Gasteiger partial charge in [0.05, 0.1) is 12.5 Å². The van der Waals surface area contributed by atoms with Crippen LogP contribution in [0.3, 0.4) is 0 Å². The number of anilines is 2. The van der Waals surface area contributed by atoms with Crippen LogP contribution in [0.1, 0.15) is 21.3 Å². The minimum absolute atomic E-state index is 0. The summed E-state index contributed by atoms with van der Waals surface area (Å²) in [7, 11) is 0. The summed E-state index contributed by atoms with van der Waals surface area (Å²) in [5.74, 6) is -3.45. The maximum Gasteiger partial charge on any atom is 0.333 e. The number of para-hydroxylation sites is 2. The van der Waals surface area contributed by atoms with E-state index in [2.05, 4.69) is 13.2 Å². The fraction of sp³-hybridized carbons (Fsp3) is 0.355. The molecule has 0 amide bonds. The number of hydrogen-bond donors (Lipinski definition) is 3. The minimum atomic E-state index is -1.26. The Morgan fingerprint density at radius 1 is 0.750 bits per heavy atom. The molecule has 2 aromatic rings. The summed E-state index contributed by atoms with van der Waals surface area (Å²) in [6.07, 6.45) is -2.01. The Balaban J connectivity index is 0. The van der Waals surface area contributed by atoms with E-state index in [1.54, 1.807) is 54.6 Å². The van der Waals surface area contributed by atoms with Gasteiger partial charge in [0, 0.05) is 68.3 Å². The number of esters is 2. The number of hydrogen-bond acceptors (Lipinski definition) is 11. The number of ether oxygens (including phenoxy) is 2. The number of carboxylic acids is 2. The van der Waals surface area contributed by atoms with Crippen molar-refractivity contribution in [3.8, 4) is 0 Å². The van der Waals surface area contributed by atoms with Crippen molar-refractivity contribution in [3.63, 3.8) is 0 Å². The van der Waals surface area contributed by atoms with Crippen LogP contribution in [-0.2, 0) is 61.4 Å². The van der Waals surface area contributed by atoms with E-state index in [-0.39, 0.29) is 90.7 Å². The standard InChI is InChI=1S/2C15H19NO5.CH4.Y/c2*1-11(2)15(20)21-10-13(17)8-16(9-14(18)19)12-6-4-3-5-7-12;;/h2*3-7,13,17H,1,8-10H2,2H3,(H,18,19);1H4;/p-1. The summed E-state index contributed by atoms with van der Waals surface area (Å²) < 4.78 is 9.67. The summed E-state index contributed by atoms with van der Waals surface area (Å²) in [6.45, 7) is 8.85. The molecule has 0 spiro atoms. The summed E-state index contributed by atoms with van der Waals surface area (Å²) >= 11 is 0. The molecule has 2 unspecified atom stereocenters. The number of aliphatic hydroxyl groups is 2. The van der Waals surface area contributed by atoms with Gasteiger partial charge in [0.1, 0.15) is 32.0 Å². The molecule has 239 valence electrons. The summed E-state index contributed by atoms with van der Waals surface area (Å²) in [5.41, 5.74) is 1.78. The van der Waals surface area contributed by atoms with Crippen LogP contribution in [0.25, 0.3) is 0 Å². The quantitative estimate of drug-likeness (QED) is 0.171. The molecule has 44 heavy (non-hydrogen) atoms. The third-order valence-electron chi connectivity index (χ3n) is 5.26. The Hall–Kier alpha value is -3.58. The van der Waals surface area contributed by atoms with E-state index in [0.717, 1.165) is 0 Å². The van der Waals surface area contributed by atoms with Crippen molar-refractivity contribution in [1.82, 2.24) is 0 Å². The Kier molecular flexibility index (Phi) is 22.1. The zero-order chi connectivity index (χ0) is 31.7. The van der Waals surface area contributed by atoms with E-state index in [0.29, 0.717) is 11.4 Å². The van der Waals surface area contributed by atoms with Crippen molar-refractivity contribution >= 4 is 35.3 Å². The topological polar surface area (TPSA) is 177 Å². The molecule has 13 heteroatoms. The van der Waals surface area contributed by atoms with E-state index in [4.69, 9.17) is 14.6 Å². The van der Waals surface area contributed by atoms with Gasteiger partial charge in [0.2, 0.25) is 0 Å². The Labute approximate surface area is 283 Å². The first-order valence-corrected chi connectivity index (χ1v) is 12.8. The molecule has 0 aliphatic heterocycles. The van der Waals surface area contributed by atoms with Crippen molar-refractivity contribution in [2.45, 2.75) is 33.5 Å². The van der Waals surface area contributed by atoms with E-state index in [1.807, 2.05) is 6.07 Å². The van der Waals surface area contributed by atoms with Gasteiger partial charge in [-0.2, -0.15) is 0 Å². The summed E-state index contributed by atoms with van der Waals surface area (Å²) in [6, 6.07) is 17.6. The first-order valence-electron chi connectivity index (χ1n) is 12.8. The van der Waals surface area contributed by atoms with Gasteiger partial charge in [0.25, 0.3) is 0 Å². The second-order valence-corrected chi connectivity index (χ2v) is 9.26. The van der Waals surface area contributed by atoms with Crippen LogP contribution in [0.2, 0.25) is 0 Å². The fourth-order valence-corrected chi connectivity index (χ4v) is 3.32. The first-order chi connectivity index (χ1) is 19.8. The Bertz CT molecular complexity index is 1100. The minimum Gasteiger partial charge on any atom is -0.548 e. The maximum atomic E-state index is 11.2. The first kappa shape index (κ1) is 42.6. The van der Waals surface area contributed by atoms with Gasteiger partial charge in [-0.05, 0) is 38.1 Å². The molecule has 3 N–H and O–H groups in total. The average Bonchev–Trinajstić information content (AvgIpc) is 2.94. The van der Waals surface area contributed by atoms with Crippen molar-refractivity contribution in [3.05, 3.63) is 85.0 Å². The monoisotopic (exact) mass is 690 g/mol. The normalized spacial score (nSPS) is 11.0. The second-order valence-electron chi connectivity index (χ2n) is 9.26. The van der Waals surface area contributed by atoms with Gasteiger partial charge < -0.3 is 44.5 Å². The van der Waals surface area contributed by atoms with Crippen LogP contribution < -0.4 is 14.9 Å². The number of nitrogens with zero attached hydrogens (tertiary/aromatic N) is 2. The van der Waals surface area contributed by atoms with Gasteiger partial charge in [-0.15, -0.1) is 0 Å². The van der Waals surface area contributed by atoms with Crippen LogP contribution in [0.15, 0.2) is 85.0 Å². The SMILES string of the molecule is C.C=C(C)C(=O)OCC(O)CN(CC(=O)O)c1ccccc1.C=C(C)C(=O)OCC(O)CN(CC(=O)[O-])c1ccccc1.[Y]. The summed E-state index contributed by atoms with van der Waals surface area (Å²) in [4.78, 5) is 47.1. The number of carbonyl (C=O) groups is 4. The largest absolute Gasteiger partial charge is 0.548 e. The van der Waals surface area contributed by atoms with Crippen LogP contribution in [-0.4, -0.2) is 90.8 Å². The Morgan fingerprint density at radius 3 is 1.39 bits per heavy atom. The van der Waals surface area contributed by atoms with Gasteiger partial charge in [0.15, 0.2) is 0 Å². The van der Waals surface area contributed by atoms with Crippen LogP contribution >= 0.6 is 0 Å². The smallest absolute Gasteiger partial charge is 0.333 e. The molecular formula is C31H41N2O10Y-. The van der Waals surface area contributed by atoms with Gasteiger partial charge in [-0.1, -0.05) is 57.0 Å². The molecule has 1 radical (unpaired) electrons. The second kappa shape index (κ2) is 22.9. The zero-order valence-corrected chi connectivity index (χ0v) is 27.1. The number of aliphatic hydroxyl groups excluding tert-OH is 2. The average molecular weight is 691 g/mol. The molecule has 2 aromatic carbocycles. The van der Waals surface area contributed by atoms with Crippen LogP contribution in [0, 0.1) is 0 Å². The molecule has 2 atom stereocenters. The molecule has 0 aliphatic carbocycles. The number of carboxylic acid groups (broad SMARTS) is 2. The van der Waals surface area contributed by atoms with Crippen LogP contribution in [0.5, 0.6) is 0 Å². The van der Waals surface area contributed by atoms with Crippen LogP contribution in [0.4, 0.5) is 11.4 Å². The van der Waals surface area contributed by atoms with Gasteiger partial charge >= 0.3 is 17.9 Å². The molecule has 2 rings (SSSR count). The number of carbonyl (C=O) groups excluding carboxylic acids is 3. The third-order valence-corrected chi connectivity index (χ3v) is 5.26. The third kappa shape index (κ3) is 18.2. The molecule has 0 saturated heterocycles. The zero-order valence-electron chi connectivity index (χ0n) is 24.3. The molecule has 0 aliphatic rings. The number of benzene rings is 2. The Morgan fingerprint density at radius 2 is 1.09 bits per heavy atom. The maximum absolute atomic E-state index is 11.2. The van der Waals surface area contributed by atoms with E-state index in [1.165, 1.54) is 23.6 Å². The number of rotatable bonds is 16. The van der Waals surface area contributed by atoms with Crippen molar-refractivity contribution in [2.75, 3.05) is 49.2 Å².